The Morgan fingerprint density at radius 2 is 2.33 bits per heavy atom. The fourth-order valence-corrected chi connectivity index (χ4v) is 1.69. The molecule has 0 aromatic heterocycles. The summed E-state index contributed by atoms with van der Waals surface area (Å²) in [5.41, 5.74) is 0.312. The number of carboxylic acid groups (broad SMARTS) is 1. The predicted octanol–water partition coefficient (Wildman–Crippen LogP) is 2.23. The van der Waals surface area contributed by atoms with Crippen LogP contribution in [0.1, 0.15) is 5.56 Å². The summed E-state index contributed by atoms with van der Waals surface area (Å²) in [6, 6.07) is 4.49. The Bertz CT molecular complexity index is 347. The summed E-state index contributed by atoms with van der Waals surface area (Å²) in [7, 11) is 1.29. The lowest BCUT2D eigenvalue weighted by molar-refractivity contribution is -0.148. The number of ether oxygens (including phenoxy) is 1. The molecule has 0 saturated heterocycles. The van der Waals surface area contributed by atoms with Gasteiger partial charge in [0.1, 0.15) is 5.82 Å². The van der Waals surface area contributed by atoms with Crippen LogP contribution in [-0.2, 0) is 16.0 Å². The van der Waals surface area contributed by atoms with E-state index in [0.717, 1.165) is 0 Å². The number of methoxy groups -OCH3 is 1. The molecule has 0 radical (unpaired) electrons. The van der Waals surface area contributed by atoms with Gasteiger partial charge in [0.25, 0.3) is 0 Å². The maximum Gasteiger partial charge on any atom is 0.333 e. The van der Waals surface area contributed by atoms with E-state index < -0.39 is 17.9 Å². The fourth-order valence-electron chi connectivity index (χ4n) is 1.18. The molecule has 0 saturated carbocycles. The van der Waals surface area contributed by atoms with Crippen molar-refractivity contribution in [2.24, 2.45) is 0 Å². The van der Waals surface area contributed by atoms with Gasteiger partial charge >= 0.3 is 5.97 Å². The number of halogens is 2. The quantitative estimate of drug-likeness (QED) is 0.918. The first-order valence-electron chi connectivity index (χ1n) is 4.24. The van der Waals surface area contributed by atoms with Crippen molar-refractivity contribution in [3.63, 3.8) is 0 Å². The molecular formula is C10H10BrFO3. The van der Waals surface area contributed by atoms with Gasteiger partial charge in [-0.25, -0.2) is 9.18 Å². The number of carbonyl (C=O) groups is 1. The van der Waals surface area contributed by atoms with Crippen LogP contribution in [0.3, 0.4) is 0 Å². The van der Waals surface area contributed by atoms with Crippen LogP contribution < -0.4 is 0 Å². The second-order valence-electron chi connectivity index (χ2n) is 2.97. The number of rotatable bonds is 4. The van der Waals surface area contributed by atoms with E-state index in [1.165, 1.54) is 13.2 Å². The minimum atomic E-state index is -1.10. The van der Waals surface area contributed by atoms with Gasteiger partial charge in [-0.15, -0.1) is 0 Å². The van der Waals surface area contributed by atoms with Gasteiger partial charge in [-0.3, -0.25) is 0 Å². The Labute approximate surface area is 95.0 Å². The van der Waals surface area contributed by atoms with E-state index in [0.29, 0.717) is 10.0 Å². The lowest BCUT2D eigenvalue weighted by Crippen LogP contribution is -2.25. The molecule has 1 aromatic carbocycles. The smallest absolute Gasteiger partial charge is 0.333 e. The minimum absolute atomic E-state index is 0.000903. The molecule has 82 valence electrons. The van der Waals surface area contributed by atoms with Crippen LogP contribution in [0.25, 0.3) is 0 Å². The fraction of sp³-hybridized carbons (Fsp3) is 0.300. The van der Waals surface area contributed by atoms with Crippen LogP contribution in [0.4, 0.5) is 4.39 Å². The molecule has 0 bridgehead atoms. The summed E-state index contributed by atoms with van der Waals surface area (Å²) in [4.78, 5) is 10.7. The second kappa shape index (κ2) is 5.23. The predicted molar refractivity (Wildman–Crippen MR) is 56.2 cm³/mol. The van der Waals surface area contributed by atoms with E-state index in [2.05, 4.69) is 15.9 Å². The Hall–Kier alpha value is -0.940. The number of benzene rings is 1. The van der Waals surface area contributed by atoms with Crippen molar-refractivity contribution in [3.8, 4) is 0 Å². The molecule has 1 atom stereocenters. The molecule has 0 spiro atoms. The highest BCUT2D eigenvalue weighted by atomic mass is 79.9. The minimum Gasteiger partial charge on any atom is -0.479 e. The summed E-state index contributed by atoms with van der Waals surface area (Å²) < 4.78 is 18.6. The molecule has 0 aliphatic heterocycles. The van der Waals surface area contributed by atoms with E-state index in [1.54, 1.807) is 12.1 Å². The van der Waals surface area contributed by atoms with E-state index >= 15 is 0 Å². The van der Waals surface area contributed by atoms with E-state index in [1.807, 2.05) is 0 Å². The average Bonchev–Trinajstić information content (AvgIpc) is 2.17. The van der Waals surface area contributed by atoms with Crippen molar-refractivity contribution < 1.29 is 19.0 Å². The summed E-state index contributed by atoms with van der Waals surface area (Å²) >= 11 is 3.17. The SMILES string of the molecule is COC(Cc1c(F)cccc1Br)C(=O)O. The molecule has 0 aliphatic carbocycles. The molecular weight excluding hydrogens is 267 g/mol. The maximum atomic E-state index is 13.3. The highest BCUT2D eigenvalue weighted by Crippen LogP contribution is 2.21. The van der Waals surface area contributed by atoms with Gasteiger partial charge in [-0.1, -0.05) is 22.0 Å². The molecule has 0 aliphatic rings. The summed E-state index contributed by atoms with van der Waals surface area (Å²) in [5, 5.41) is 8.75. The number of carboxylic acids is 1. The first-order valence-corrected chi connectivity index (χ1v) is 5.04. The zero-order valence-electron chi connectivity index (χ0n) is 8.04. The maximum absolute atomic E-state index is 13.3. The second-order valence-corrected chi connectivity index (χ2v) is 3.82. The number of aliphatic carboxylic acids is 1. The van der Waals surface area contributed by atoms with E-state index in [9.17, 15) is 9.18 Å². The van der Waals surface area contributed by atoms with Crippen LogP contribution in [0.2, 0.25) is 0 Å². The van der Waals surface area contributed by atoms with Crippen molar-refractivity contribution in [3.05, 3.63) is 34.1 Å². The number of hydrogen-bond donors (Lipinski definition) is 1. The Balaban J connectivity index is 2.92. The highest BCUT2D eigenvalue weighted by Gasteiger charge is 2.20. The monoisotopic (exact) mass is 276 g/mol. The van der Waals surface area contributed by atoms with Crippen LogP contribution >= 0.6 is 15.9 Å². The zero-order chi connectivity index (χ0) is 11.4. The first kappa shape index (κ1) is 12.1. The van der Waals surface area contributed by atoms with Crippen LogP contribution in [-0.4, -0.2) is 24.3 Å². The van der Waals surface area contributed by atoms with Gasteiger partial charge in [0.15, 0.2) is 6.10 Å². The van der Waals surface area contributed by atoms with Crippen molar-refractivity contribution in [2.45, 2.75) is 12.5 Å². The molecule has 5 heteroatoms. The van der Waals surface area contributed by atoms with E-state index in [-0.39, 0.29) is 6.42 Å². The van der Waals surface area contributed by atoms with Gasteiger partial charge in [-0.05, 0) is 12.1 Å². The molecule has 1 rings (SSSR count). The molecule has 3 nitrogen and oxygen atoms in total. The van der Waals surface area contributed by atoms with E-state index in [4.69, 9.17) is 9.84 Å². The largest absolute Gasteiger partial charge is 0.479 e. The average molecular weight is 277 g/mol. The molecule has 0 fully saturated rings. The van der Waals surface area contributed by atoms with Crippen LogP contribution in [0.5, 0.6) is 0 Å². The lowest BCUT2D eigenvalue weighted by Gasteiger charge is -2.12. The van der Waals surface area contributed by atoms with Gasteiger partial charge < -0.3 is 9.84 Å². The first-order chi connectivity index (χ1) is 7.06. The van der Waals surface area contributed by atoms with Crippen molar-refractivity contribution in [2.75, 3.05) is 7.11 Å². The molecule has 1 aromatic rings. The summed E-state index contributed by atoms with van der Waals surface area (Å²) in [6.45, 7) is 0. The van der Waals surface area contributed by atoms with Gasteiger partial charge in [0.05, 0.1) is 0 Å². The van der Waals surface area contributed by atoms with Crippen molar-refractivity contribution in [1.82, 2.24) is 0 Å². The molecule has 1 N–H and O–H groups in total. The molecule has 0 amide bonds. The third kappa shape index (κ3) is 3.00. The normalized spacial score (nSPS) is 12.5. The Morgan fingerprint density at radius 1 is 1.67 bits per heavy atom. The standard InChI is InChI=1S/C10H10BrFO3/c1-15-9(10(13)14)5-6-7(11)3-2-4-8(6)12/h2-4,9H,5H2,1H3,(H,13,14). The molecule has 15 heavy (non-hydrogen) atoms. The van der Waals surface area contributed by atoms with Gasteiger partial charge in [0.2, 0.25) is 0 Å². The zero-order valence-corrected chi connectivity index (χ0v) is 9.62. The van der Waals surface area contributed by atoms with Gasteiger partial charge in [-0.2, -0.15) is 0 Å². The summed E-state index contributed by atoms with van der Waals surface area (Å²) in [5.74, 6) is -1.54. The third-order valence-corrected chi connectivity index (χ3v) is 2.75. The molecule has 0 heterocycles. The topological polar surface area (TPSA) is 46.5 Å². The Morgan fingerprint density at radius 3 is 2.80 bits per heavy atom. The number of hydrogen-bond acceptors (Lipinski definition) is 2. The molecule has 1 unspecified atom stereocenters. The Kier molecular flexibility index (Phi) is 4.23. The van der Waals surface area contributed by atoms with Crippen molar-refractivity contribution >= 4 is 21.9 Å². The lowest BCUT2D eigenvalue weighted by atomic mass is 10.1. The third-order valence-electron chi connectivity index (χ3n) is 2.01. The summed E-state index contributed by atoms with van der Waals surface area (Å²) in [6.07, 6.45) is -1.03. The highest BCUT2D eigenvalue weighted by molar-refractivity contribution is 9.10. The van der Waals surface area contributed by atoms with Crippen LogP contribution in [0.15, 0.2) is 22.7 Å². The van der Waals surface area contributed by atoms with Gasteiger partial charge in [0, 0.05) is 23.6 Å². The van der Waals surface area contributed by atoms with Crippen molar-refractivity contribution in [1.29, 1.82) is 0 Å². The van der Waals surface area contributed by atoms with Crippen LogP contribution in [0, 0.1) is 5.82 Å².